The molecule has 0 radical (unpaired) electrons. The van der Waals surface area contributed by atoms with Crippen LogP contribution < -0.4 is 15.8 Å². The number of methoxy groups -OCH3 is 1. The summed E-state index contributed by atoms with van der Waals surface area (Å²) >= 11 is 0. The topological polar surface area (TPSA) is 84.6 Å². The third-order valence-corrected chi connectivity index (χ3v) is 2.99. The van der Waals surface area contributed by atoms with Crippen LogP contribution in [0.3, 0.4) is 0 Å². The van der Waals surface area contributed by atoms with Gasteiger partial charge in [-0.3, -0.25) is 4.79 Å². The highest BCUT2D eigenvalue weighted by Gasteiger charge is 2.27. The van der Waals surface area contributed by atoms with Gasteiger partial charge in [0.15, 0.2) is 0 Å². The minimum atomic E-state index is -0.730. The largest absolute Gasteiger partial charge is 0.497 e. The van der Waals surface area contributed by atoms with Crippen LogP contribution in [0.2, 0.25) is 0 Å². The maximum absolute atomic E-state index is 12.1. The number of benzene rings is 1. The van der Waals surface area contributed by atoms with Crippen molar-refractivity contribution in [1.29, 1.82) is 0 Å². The highest BCUT2D eigenvalue weighted by molar-refractivity contribution is 5.99. The number of hydrogen-bond donors (Lipinski definition) is 3. The summed E-state index contributed by atoms with van der Waals surface area (Å²) in [5, 5.41) is 12.3. The Labute approximate surface area is 107 Å². The minimum absolute atomic E-state index is 0.336. The van der Waals surface area contributed by atoms with Crippen molar-refractivity contribution in [1.82, 2.24) is 5.32 Å². The maximum atomic E-state index is 12.1. The highest BCUT2D eigenvalue weighted by atomic mass is 16.5. The lowest BCUT2D eigenvalue weighted by atomic mass is 9.98. The molecule has 0 heterocycles. The molecule has 1 atom stereocenters. The molecule has 0 aromatic heterocycles. The normalized spacial score (nSPS) is 12.9. The first-order valence-electron chi connectivity index (χ1n) is 5.72. The van der Waals surface area contributed by atoms with Gasteiger partial charge in [0.2, 0.25) is 0 Å². The second kappa shape index (κ2) is 5.27. The number of nitrogen functional groups attached to an aromatic ring is 1. The number of rotatable bonds is 4. The molecule has 1 unspecified atom stereocenters. The lowest BCUT2D eigenvalue weighted by Crippen LogP contribution is -2.51. The van der Waals surface area contributed by atoms with Gasteiger partial charge in [0.25, 0.3) is 5.91 Å². The summed E-state index contributed by atoms with van der Waals surface area (Å²) in [6, 6.07) is 4.87. The zero-order valence-electron chi connectivity index (χ0n) is 11.2. The summed E-state index contributed by atoms with van der Waals surface area (Å²) < 4.78 is 5.05. The van der Waals surface area contributed by atoms with E-state index in [2.05, 4.69) is 5.32 Å². The lowest BCUT2D eigenvalue weighted by Gasteiger charge is -2.29. The first-order chi connectivity index (χ1) is 8.27. The number of hydrogen-bond acceptors (Lipinski definition) is 4. The molecule has 1 aromatic rings. The second-order valence-corrected chi connectivity index (χ2v) is 4.80. The Bertz CT molecular complexity index is 442. The van der Waals surface area contributed by atoms with Crippen LogP contribution in [0.5, 0.6) is 5.75 Å². The Morgan fingerprint density at radius 1 is 1.50 bits per heavy atom. The Hall–Kier alpha value is -1.75. The molecule has 1 aromatic carbocycles. The van der Waals surface area contributed by atoms with Crippen LogP contribution in [-0.2, 0) is 0 Å². The van der Waals surface area contributed by atoms with Gasteiger partial charge in [-0.1, -0.05) is 0 Å². The van der Waals surface area contributed by atoms with Crippen molar-refractivity contribution in [2.24, 2.45) is 0 Å². The maximum Gasteiger partial charge on any atom is 0.254 e. The van der Waals surface area contributed by atoms with Crippen LogP contribution in [0.15, 0.2) is 18.2 Å². The molecule has 0 bridgehead atoms. The van der Waals surface area contributed by atoms with Crippen molar-refractivity contribution in [3.05, 3.63) is 23.8 Å². The minimum Gasteiger partial charge on any atom is -0.497 e. The Morgan fingerprint density at radius 2 is 2.11 bits per heavy atom. The van der Waals surface area contributed by atoms with Gasteiger partial charge in [-0.05, 0) is 39.0 Å². The summed E-state index contributed by atoms with van der Waals surface area (Å²) in [6.07, 6.45) is -0.673. The average Bonchev–Trinajstić information content (AvgIpc) is 2.28. The average molecular weight is 252 g/mol. The predicted octanol–water partition coefficient (Wildman–Crippen LogP) is 1.17. The van der Waals surface area contributed by atoms with Gasteiger partial charge in [0, 0.05) is 5.69 Å². The fourth-order valence-corrected chi connectivity index (χ4v) is 1.32. The number of anilines is 1. The van der Waals surface area contributed by atoms with Gasteiger partial charge < -0.3 is 20.9 Å². The molecule has 1 amide bonds. The fraction of sp³-hybridized carbons (Fsp3) is 0.462. The molecule has 0 spiro atoms. The van der Waals surface area contributed by atoms with E-state index in [-0.39, 0.29) is 5.91 Å². The second-order valence-electron chi connectivity index (χ2n) is 4.80. The summed E-state index contributed by atoms with van der Waals surface area (Å²) in [6.45, 7) is 5.10. The smallest absolute Gasteiger partial charge is 0.254 e. The molecule has 1 rings (SSSR count). The van der Waals surface area contributed by atoms with E-state index >= 15 is 0 Å². The summed E-state index contributed by atoms with van der Waals surface area (Å²) in [7, 11) is 1.52. The highest BCUT2D eigenvalue weighted by Crippen LogP contribution is 2.20. The van der Waals surface area contributed by atoms with Crippen molar-refractivity contribution in [3.63, 3.8) is 0 Å². The third-order valence-electron chi connectivity index (χ3n) is 2.99. The summed E-state index contributed by atoms with van der Waals surface area (Å²) in [5.74, 6) is 0.224. The molecule has 0 saturated heterocycles. The Balaban J connectivity index is 2.97. The number of carbonyl (C=O) groups excluding carboxylic acids is 1. The zero-order valence-corrected chi connectivity index (χ0v) is 11.2. The first-order valence-corrected chi connectivity index (χ1v) is 5.72. The van der Waals surface area contributed by atoms with E-state index in [1.165, 1.54) is 7.11 Å². The van der Waals surface area contributed by atoms with Crippen molar-refractivity contribution in [3.8, 4) is 5.75 Å². The molecular weight excluding hydrogens is 232 g/mol. The van der Waals surface area contributed by atoms with Gasteiger partial charge in [-0.15, -0.1) is 0 Å². The van der Waals surface area contributed by atoms with E-state index in [0.717, 1.165) is 0 Å². The molecule has 0 aliphatic heterocycles. The number of amides is 1. The number of nitrogens with two attached hydrogens (primary N) is 1. The SMILES string of the molecule is COc1ccc(N)c(C(=O)NC(C)(C)C(C)O)c1. The fourth-order valence-electron chi connectivity index (χ4n) is 1.32. The molecule has 0 fully saturated rings. The van der Waals surface area contributed by atoms with Crippen LogP contribution in [0.25, 0.3) is 0 Å². The van der Waals surface area contributed by atoms with E-state index in [9.17, 15) is 9.90 Å². The van der Waals surface area contributed by atoms with E-state index in [1.54, 1.807) is 39.0 Å². The molecule has 18 heavy (non-hydrogen) atoms. The van der Waals surface area contributed by atoms with Crippen molar-refractivity contribution in [2.45, 2.75) is 32.4 Å². The quantitative estimate of drug-likeness (QED) is 0.702. The number of carbonyl (C=O) groups is 1. The molecule has 0 aliphatic rings. The Morgan fingerprint density at radius 3 is 2.61 bits per heavy atom. The molecule has 5 heteroatoms. The van der Waals surface area contributed by atoms with E-state index in [4.69, 9.17) is 10.5 Å². The van der Waals surface area contributed by atoms with Crippen molar-refractivity contribution < 1.29 is 14.6 Å². The molecular formula is C13H20N2O3. The van der Waals surface area contributed by atoms with Crippen LogP contribution >= 0.6 is 0 Å². The van der Waals surface area contributed by atoms with E-state index in [0.29, 0.717) is 17.0 Å². The number of nitrogens with one attached hydrogen (secondary N) is 1. The standard InChI is InChI=1S/C13H20N2O3/c1-8(16)13(2,3)15-12(17)10-7-9(18-4)5-6-11(10)14/h5-8,16H,14H2,1-4H3,(H,15,17). The van der Waals surface area contributed by atoms with Crippen molar-refractivity contribution >= 4 is 11.6 Å². The van der Waals surface area contributed by atoms with E-state index < -0.39 is 11.6 Å². The summed E-state index contributed by atoms with van der Waals surface area (Å²) in [4.78, 5) is 12.1. The summed E-state index contributed by atoms with van der Waals surface area (Å²) in [5.41, 5.74) is 5.74. The van der Waals surface area contributed by atoms with Gasteiger partial charge in [0.1, 0.15) is 5.75 Å². The first kappa shape index (κ1) is 14.3. The van der Waals surface area contributed by atoms with Gasteiger partial charge >= 0.3 is 0 Å². The van der Waals surface area contributed by atoms with Gasteiger partial charge in [-0.25, -0.2) is 0 Å². The molecule has 100 valence electrons. The predicted molar refractivity (Wildman–Crippen MR) is 70.6 cm³/mol. The van der Waals surface area contributed by atoms with Crippen LogP contribution in [0, 0.1) is 0 Å². The van der Waals surface area contributed by atoms with E-state index in [1.807, 2.05) is 0 Å². The number of ether oxygens (including phenoxy) is 1. The molecule has 5 nitrogen and oxygen atoms in total. The molecule has 4 N–H and O–H groups in total. The molecule has 0 aliphatic carbocycles. The van der Waals surface area contributed by atoms with Crippen LogP contribution in [0.1, 0.15) is 31.1 Å². The lowest BCUT2D eigenvalue weighted by molar-refractivity contribution is 0.0710. The molecule has 0 saturated carbocycles. The van der Waals surface area contributed by atoms with Crippen LogP contribution in [0.4, 0.5) is 5.69 Å². The number of aliphatic hydroxyl groups is 1. The monoisotopic (exact) mass is 252 g/mol. The van der Waals surface area contributed by atoms with Gasteiger partial charge in [-0.2, -0.15) is 0 Å². The Kier molecular flexibility index (Phi) is 4.19. The van der Waals surface area contributed by atoms with Crippen LogP contribution in [-0.4, -0.2) is 29.8 Å². The van der Waals surface area contributed by atoms with Gasteiger partial charge in [0.05, 0.1) is 24.3 Å². The zero-order chi connectivity index (χ0) is 13.9. The number of aliphatic hydroxyl groups excluding tert-OH is 1. The third kappa shape index (κ3) is 3.13. The van der Waals surface area contributed by atoms with Crippen molar-refractivity contribution in [2.75, 3.05) is 12.8 Å².